The van der Waals surface area contributed by atoms with E-state index in [0.29, 0.717) is 15.8 Å². The number of likely N-dealkylation sites (N-methyl/N-ethyl adjacent to an activating group) is 1. The summed E-state index contributed by atoms with van der Waals surface area (Å²) < 4.78 is 5.63. The summed E-state index contributed by atoms with van der Waals surface area (Å²) in [7, 11) is 0. The zero-order valence-electron chi connectivity index (χ0n) is 14.2. The van der Waals surface area contributed by atoms with Gasteiger partial charge in [-0.3, -0.25) is 0 Å². The molecule has 0 spiro atoms. The minimum absolute atomic E-state index is 0. The van der Waals surface area contributed by atoms with E-state index >= 15 is 0 Å². The third-order valence-corrected chi connectivity index (χ3v) is 3.80. The molecule has 0 bridgehead atoms. The molecule has 0 heterocycles. The van der Waals surface area contributed by atoms with E-state index in [-0.39, 0.29) is 30.9 Å². The third kappa shape index (κ3) is 9.23. The first-order valence-electron chi connectivity index (χ1n) is 7.55. The Bertz CT molecular complexity index is 417. The van der Waals surface area contributed by atoms with Crippen LogP contribution in [0.4, 0.5) is 0 Å². The number of ether oxygens (including phenoxy) is 1. The van der Waals surface area contributed by atoms with Gasteiger partial charge < -0.3 is 15.0 Å². The Hall–Kier alpha value is 0.1000. The zero-order chi connectivity index (χ0) is 15.8. The summed E-state index contributed by atoms with van der Waals surface area (Å²) in [6, 6.07) is 3.82. The maximum atomic E-state index is 6.24. The van der Waals surface area contributed by atoms with Crippen molar-refractivity contribution < 1.29 is 4.74 Å². The Labute approximate surface area is 162 Å². The van der Waals surface area contributed by atoms with Crippen LogP contribution in [0, 0.1) is 0 Å². The van der Waals surface area contributed by atoms with Crippen molar-refractivity contribution in [1.82, 2.24) is 10.2 Å². The van der Waals surface area contributed by atoms with E-state index in [9.17, 15) is 0 Å². The summed E-state index contributed by atoms with van der Waals surface area (Å²) >= 11 is 12.5. The highest BCUT2D eigenvalue weighted by molar-refractivity contribution is 6.37. The molecule has 0 unspecified atom stereocenters. The lowest BCUT2D eigenvalue weighted by atomic mass is 10.2. The molecule has 1 N–H and O–H groups in total. The molecular formula is C16H28Cl4N2O. The number of nitrogens with one attached hydrogen (secondary N) is 1. The van der Waals surface area contributed by atoms with Crippen LogP contribution in [0.15, 0.2) is 12.1 Å². The highest BCUT2D eigenvalue weighted by Gasteiger charge is 2.11. The first kappa shape index (κ1) is 25.3. The van der Waals surface area contributed by atoms with Crippen molar-refractivity contribution in [2.75, 3.05) is 26.2 Å². The summed E-state index contributed by atoms with van der Waals surface area (Å²) in [6.07, 6.45) is 0.0537. The Kier molecular flexibility index (Phi) is 14.8. The molecule has 0 amide bonds. The maximum Gasteiger partial charge on any atom is 0.156 e. The SMILES string of the molecule is CCN(CC)CCNCc1cc(Cl)c(OC(C)C)c(Cl)c1.Cl.Cl. The van der Waals surface area contributed by atoms with Crippen molar-refractivity contribution in [1.29, 1.82) is 0 Å². The van der Waals surface area contributed by atoms with Gasteiger partial charge in [0.2, 0.25) is 0 Å². The Morgan fingerprint density at radius 1 is 1.09 bits per heavy atom. The van der Waals surface area contributed by atoms with E-state index in [0.717, 1.165) is 38.3 Å². The van der Waals surface area contributed by atoms with Gasteiger partial charge in [-0.25, -0.2) is 0 Å². The quantitative estimate of drug-likeness (QED) is 0.581. The first-order chi connectivity index (χ1) is 9.97. The number of halogens is 4. The van der Waals surface area contributed by atoms with Gasteiger partial charge in [-0.1, -0.05) is 37.0 Å². The molecule has 23 heavy (non-hydrogen) atoms. The predicted octanol–water partition coefficient (Wildman–Crippen LogP) is 5.06. The predicted molar refractivity (Wildman–Crippen MR) is 106 cm³/mol. The lowest BCUT2D eigenvalue weighted by Crippen LogP contribution is -2.31. The van der Waals surface area contributed by atoms with Crippen molar-refractivity contribution in [3.8, 4) is 5.75 Å². The average Bonchev–Trinajstić information content (AvgIpc) is 2.43. The molecule has 1 rings (SSSR count). The fourth-order valence-electron chi connectivity index (χ4n) is 2.07. The van der Waals surface area contributed by atoms with E-state index < -0.39 is 0 Å². The van der Waals surface area contributed by atoms with E-state index in [1.54, 1.807) is 0 Å². The summed E-state index contributed by atoms with van der Waals surface area (Å²) in [5.41, 5.74) is 1.07. The Morgan fingerprint density at radius 3 is 2.04 bits per heavy atom. The maximum absolute atomic E-state index is 6.24. The molecule has 1 aromatic carbocycles. The van der Waals surface area contributed by atoms with Gasteiger partial charge in [0, 0.05) is 19.6 Å². The lowest BCUT2D eigenvalue weighted by Gasteiger charge is -2.18. The van der Waals surface area contributed by atoms with Crippen LogP contribution in [-0.2, 0) is 6.54 Å². The van der Waals surface area contributed by atoms with Crippen molar-refractivity contribution >= 4 is 48.0 Å². The van der Waals surface area contributed by atoms with Gasteiger partial charge in [-0.15, -0.1) is 24.8 Å². The molecule has 0 saturated heterocycles. The average molecular weight is 406 g/mol. The molecule has 0 aliphatic heterocycles. The largest absolute Gasteiger partial charge is 0.488 e. The Balaban J connectivity index is 0. The van der Waals surface area contributed by atoms with Crippen LogP contribution in [0.3, 0.4) is 0 Å². The molecule has 0 aliphatic rings. The van der Waals surface area contributed by atoms with Crippen molar-refractivity contribution in [2.24, 2.45) is 0 Å². The monoisotopic (exact) mass is 404 g/mol. The van der Waals surface area contributed by atoms with Crippen LogP contribution in [0.5, 0.6) is 5.75 Å². The minimum atomic E-state index is 0. The van der Waals surface area contributed by atoms with E-state index in [1.165, 1.54) is 0 Å². The second-order valence-electron chi connectivity index (χ2n) is 5.26. The number of nitrogens with zero attached hydrogens (tertiary/aromatic N) is 1. The summed E-state index contributed by atoms with van der Waals surface area (Å²) in [5.74, 6) is 0.570. The smallest absolute Gasteiger partial charge is 0.156 e. The van der Waals surface area contributed by atoms with E-state index in [2.05, 4.69) is 24.1 Å². The van der Waals surface area contributed by atoms with Crippen LogP contribution in [0.25, 0.3) is 0 Å². The highest BCUT2D eigenvalue weighted by Crippen LogP contribution is 2.34. The minimum Gasteiger partial charge on any atom is -0.488 e. The molecule has 0 saturated carbocycles. The molecule has 0 fully saturated rings. The molecule has 0 atom stereocenters. The van der Waals surface area contributed by atoms with Gasteiger partial charge in [0.05, 0.1) is 16.1 Å². The van der Waals surface area contributed by atoms with Gasteiger partial charge in [-0.2, -0.15) is 0 Å². The number of hydrogen-bond donors (Lipinski definition) is 1. The van der Waals surface area contributed by atoms with Crippen molar-refractivity contribution in [2.45, 2.75) is 40.3 Å². The summed E-state index contributed by atoms with van der Waals surface area (Å²) in [6.45, 7) is 13.2. The van der Waals surface area contributed by atoms with Gasteiger partial charge in [0.1, 0.15) is 0 Å². The number of hydrogen-bond acceptors (Lipinski definition) is 3. The molecule has 3 nitrogen and oxygen atoms in total. The van der Waals surface area contributed by atoms with Crippen LogP contribution in [0.2, 0.25) is 10.0 Å². The van der Waals surface area contributed by atoms with Crippen molar-refractivity contribution in [3.63, 3.8) is 0 Å². The second kappa shape index (κ2) is 13.4. The molecular weight excluding hydrogens is 378 g/mol. The van der Waals surface area contributed by atoms with Gasteiger partial charge in [0.25, 0.3) is 0 Å². The van der Waals surface area contributed by atoms with E-state index in [1.807, 2.05) is 26.0 Å². The molecule has 0 aliphatic carbocycles. The topological polar surface area (TPSA) is 24.5 Å². The molecule has 0 radical (unpaired) electrons. The lowest BCUT2D eigenvalue weighted by molar-refractivity contribution is 0.242. The van der Waals surface area contributed by atoms with E-state index in [4.69, 9.17) is 27.9 Å². The molecule has 0 aromatic heterocycles. The third-order valence-electron chi connectivity index (χ3n) is 3.24. The zero-order valence-corrected chi connectivity index (χ0v) is 17.3. The molecule has 1 aromatic rings. The standard InChI is InChI=1S/C16H26Cl2N2O.2ClH/c1-5-20(6-2)8-7-19-11-13-9-14(17)16(15(18)10-13)21-12(3)4;;/h9-10,12,19H,5-8,11H2,1-4H3;2*1H. The first-order valence-corrected chi connectivity index (χ1v) is 8.31. The number of rotatable bonds is 9. The van der Waals surface area contributed by atoms with Crippen LogP contribution in [-0.4, -0.2) is 37.2 Å². The molecule has 136 valence electrons. The second-order valence-corrected chi connectivity index (χ2v) is 6.07. The van der Waals surface area contributed by atoms with Crippen molar-refractivity contribution in [3.05, 3.63) is 27.7 Å². The fraction of sp³-hybridized carbons (Fsp3) is 0.625. The van der Waals surface area contributed by atoms with Gasteiger partial charge in [-0.05, 0) is 44.6 Å². The van der Waals surface area contributed by atoms with Gasteiger partial charge >= 0.3 is 0 Å². The van der Waals surface area contributed by atoms with Crippen LogP contribution >= 0.6 is 48.0 Å². The fourth-order valence-corrected chi connectivity index (χ4v) is 2.69. The summed E-state index contributed by atoms with van der Waals surface area (Å²) in [5, 5.41) is 4.55. The van der Waals surface area contributed by atoms with Crippen LogP contribution in [0.1, 0.15) is 33.3 Å². The summed E-state index contributed by atoms with van der Waals surface area (Å²) in [4.78, 5) is 2.38. The highest BCUT2D eigenvalue weighted by atomic mass is 35.5. The normalized spacial score (nSPS) is 10.4. The van der Waals surface area contributed by atoms with Gasteiger partial charge in [0.15, 0.2) is 5.75 Å². The number of benzene rings is 1. The molecule has 7 heteroatoms. The van der Waals surface area contributed by atoms with Crippen LogP contribution < -0.4 is 10.1 Å². The Morgan fingerprint density at radius 2 is 1.61 bits per heavy atom.